The normalized spacial score (nSPS) is 15.6. The molecule has 9 heteroatoms. The van der Waals surface area contributed by atoms with Gasteiger partial charge >= 0.3 is 0 Å². The van der Waals surface area contributed by atoms with Gasteiger partial charge in [-0.2, -0.15) is 4.31 Å². The Morgan fingerprint density at radius 1 is 0.964 bits per heavy atom. The number of nitrogens with zero attached hydrogens (tertiary/aromatic N) is 3. The maximum Gasteiger partial charge on any atom is 0.269 e. The van der Waals surface area contributed by atoms with Gasteiger partial charge < -0.3 is 4.90 Å². The van der Waals surface area contributed by atoms with Crippen molar-refractivity contribution in [3.8, 4) is 0 Å². The first-order valence-corrected chi connectivity index (χ1v) is 10.1. The van der Waals surface area contributed by atoms with Gasteiger partial charge in [-0.3, -0.25) is 14.9 Å². The zero-order chi connectivity index (χ0) is 20.1. The summed E-state index contributed by atoms with van der Waals surface area (Å²) in [5, 5.41) is 11.9. The van der Waals surface area contributed by atoms with Crippen molar-refractivity contribution < 1.29 is 18.1 Å². The minimum atomic E-state index is -3.57. The van der Waals surface area contributed by atoms with Crippen LogP contribution in [0.25, 0.3) is 6.08 Å². The fourth-order valence-electron chi connectivity index (χ4n) is 2.87. The summed E-state index contributed by atoms with van der Waals surface area (Å²) in [7, 11) is -3.57. The quantitative estimate of drug-likeness (QED) is 0.565. The van der Waals surface area contributed by atoms with Crippen LogP contribution >= 0.6 is 0 Å². The van der Waals surface area contributed by atoms with Crippen molar-refractivity contribution in [2.24, 2.45) is 0 Å². The standard InChI is InChI=1S/C19H19N3O5S/c23-19(17-6-8-18(9-7-17)22(24)25)20-11-13-21(14-12-20)28(26,27)15-10-16-4-2-1-3-5-16/h1-10,15H,11-14H2/b15-10+. The van der Waals surface area contributed by atoms with Crippen LogP contribution in [0.3, 0.4) is 0 Å². The molecule has 0 spiro atoms. The van der Waals surface area contributed by atoms with Gasteiger partial charge in [0.1, 0.15) is 0 Å². The average Bonchev–Trinajstić information content (AvgIpc) is 2.73. The molecule has 0 aliphatic carbocycles. The molecule has 0 N–H and O–H groups in total. The summed E-state index contributed by atoms with van der Waals surface area (Å²) >= 11 is 0. The first-order chi connectivity index (χ1) is 13.4. The summed E-state index contributed by atoms with van der Waals surface area (Å²) in [6.45, 7) is 0.906. The largest absolute Gasteiger partial charge is 0.336 e. The first-order valence-electron chi connectivity index (χ1n) is 8.64. The molecular weight excluding hydrogens is 382 g/mol. The molecule has 1 saturated heterocycles. The molecule has 1 fully saturated rings. The van der Waals surface area contributed by atoms with Crippen molar-refractivity contribution in [3.63, 3.8) is 0 Å². The van der Waals surface area contributed by atoms with Crippen LogP contribution in [0.2, 0.25) is 0 Å². The maximum absolute atomic E-state index is 12.5. The van der Waals surface area contributed by atoms with E-state index in [-0.39, 0.29) is 37.8 Å². The van der Waals surface area contributed by atoms with E-state index < -0.39 is 14.9 Å². The average molecular weight is 401 g/mol. The number of hydrogen-bond acceptors (Lipinski definition) is 5. The van der Waals surface area contributed by atoms with Gasteiger partial charge in [-0.05, 0) is 23.8 Å². The third-order valence-electron chi connectivity index (χ3n) is 4.44. The molecule has 0 saturated carbocycles. The number of carbonyl (C=O) groups excluding carboxylic acids is 1. The van der Waals surface area contributed by atoms with E-state index in [1.807, 2.05) is 30.3 Å². The highest BCUT2D eigenvalue weighted by atomic mass is 32.2. The van der Waals surface area contributed by atoms with E-state index in [1.54, 1.807) is 11.0 Å². The number of hydrogen-bond donors (Lipinski definition) is 0. The van der Waals surface area contributed by atoms with Crippen LogP contribution in [0.1, 0.15) is 15.9 Å². The van der Waals surface area contributed by atoms with E-state index in [9.17, 15) is 23.3 Å². The molecular formula is C19H19N3O5S. The number of carbonyl (C=O) groups is 1. The van der Waals surface area contributed by atoms with E-state index in [0.717, 1.165) is 5.56 Å². The zero-order valence-electron chi connectivity index (χ0n) is 15.0. The van der Waals surface area contributed by atoms with E-state index in [0.29, 0.717) is 5.56 Å². The lowest BCUT2D eigenvalue weighted by molar-refractivity contribution is -0.384. The highest BCUT2D eigenvalue weighted by Gasteiger charge is 2.28. The van der Waals surface area contributed by atoms with Gasteiger partial charge in [-0.25, -0.2) is 8.42 Å². The second-order valence-corrected chi connectivity index (χ2v) is 8.07. The molecule has 146 valence electrons. The predicted octanol–water partition coefficient (Wildman–Crippen LogP) is 2.35. The molecule has 2 aromatic rings. The number of benzene rings is 2. The molecule has 0 aromatic heterocycles. The second kappa shape index (κ2) is 8.32. The Labute approximate surface area is 162 Å². The van der Waals surface area contributed by atoms with Crippen molar-refractivity contribution in [1.82, 2.24) is 9.21 Å². The Morgan fingerprint density at radius 2 is 1.57 bits per heavy atom. The van der Waals surface area contributed by atoms with Gasteiger partial charge in [-0.15, -0.1) is 0 Å². The van der Waals surface area contributed by atoms with E-state index >= 15 is 0 Å². The van der Waals surface area contributed by atoms with Crippen LogP contribution in [0, 0.1) is 10.1 Å². The Morgan fingerprint density at radius 3 is 2.14 bits per heavy atom. The van der Waals surface area contributed by atoms with Crippen molar-refractivity contribution >= 4 is 27.7 Å². The molecule has 8 nitrogen and oxygen atoms in total. The summed E-state index contributed by atoms with van der Waals surface area (Å²) in [5.41, 5.74) is 1.04. The minimum Gasteiger partial charge on any atom is -0.336 e. The molecule has 1 aliphatic heterocycles. The molecule has 2 aromatic carbocycles. The molecule has 0 atom stereocenters. The Bertz CT molecular complexity index is 980. The van der Waals surface area contributed by atoms with Gasteiger partial charge in [-0.1, -0.05) is 30.3 Å². The number of sulfonamides is 1. The van der Waals surface area contributed by atoms with Crippen molar-refractivity contribution in [2.75, 3.05) is 26.2 Å². The third-order valence-corrected chi connectivity index (χ3v) is 6.01. The number of nitro groups is 1. The molecule has 0 bridgehead atoms. The highest BCUT2D eigenvalue weighted by molar-refractivity contribution is 7.92. The number of rotatable bonds is 5. The molecule has 1 aliphatic rings. The topological polar surface area (TPSA) is 101 Å². The third kappa shape index (κ3) is 4.62. The summed E-state index contributed by atoms with van der Waals surface area (Å²) in [6, 6.07) is 14.5. The fourth-order valence-corrected chi connectivity index (χ4v) is 4.04. The number of non-ortho nitro benzene ring substituents is 1. The smallest absolute Gasteiger partial charge is 0.269 e. The number of piperazine rings is 1. The molecule has 1 amide bonds. The van der Waals surface area contributed by atoms with Gasteiger partial charge in [0.05, 0.1) is 4.92 Å². The highest BCUT2D eigenvalue weighted by Crippen LogP contribution is 2.16. The lowest BCUT2D eigenvalue weighted by Crippen LogP contribution is -2.50. The van der Waals surface area contributed by atoms with Crippen LogP contribution in [0.15, 0.2) is 60.0 Å². The molecule has 3 rings (SSSR count). The summed E-state index contributed by atoms with van der Waals surface area (Å²) in [6.07, 6.45) is 1.55. The van der Waals surface area contributed by atoms with Crippen LogP contribution in [-0.4, -0.2) is 54.6 Å². The minimum absolute atomic E-state index is 0.0855. The SMILES string of the molecule is O=C(c1ccc([N+](=O)[O-])cc1)N1CCN(S(=O)(=O)/C=C/c2ccccc2)CC1. The number of nitro benzene ring substituents is 1. The second-order valence-electron chi connectivity index (χ2n) is 6.25. The maximum atomic E-state index is 12.5. The van der Waals surface area contributed by atoms with Gasteiger partial charge in [0.15, 0.2) is 0 Å². The number of amides is 1. The van der Waals surface area contributed by atoms with Crippen LogP contribution in [0.4, 0.5) is 5.69 Å². The van der Waals surface area contributed by atoms with Crippen LogP contribution in [0.5, 0.6) is 0 Å². The van der Waals surface area contributed by atoms with Gasteiger partial charge in [0.2, 0.25) is 10.0 Å². The molecule has 28 heavy (non-hydrogen) atoms. The predicted molar refractivity (Wildman–Crippen MR) is 105 cm³/mol. The molecule has 1 heterocycles. The summed E-state index contributed by atoms with van der Waals surface area (Å²) < 4.78 is 26.3. The Hall–Kier alpha value is -3.04. The van der Waals surface area contributed by atoms with E-state index in [2.05, 4.69) is 0 Å². The molecule has 0 radical (unpaired) electrons. The lowest BCUT2D eigenvalue weighted by Gasteiger charge is -2.33. The van der Waals surface area contributed by atoms with Gasteiger partial charge in [0.25, 0.3) is 11.6 Å². The monoisotopic (exact) mass is 401 g/mol. The van der Waals surface area contributed by atoms with Crippen molar-refractivity contribution in [3.05, 3.63) is 81.2 Å². The van der Waals surface area contributed by atoms with E-state index in [4.69, 9.17) is 0 Å². The summed E-state index contributed by atoms with van der Waals surface area (Å²) in [5.74, 6) is -0.272. The Kier molecular flexibility index (Phi) is 5.86. The van der Waals surface area contributed by atoms with Crippen LogP contribution in [-0.2, 0) is 10.0 Å². The lowest BCUT2D eigenvalue weighted by atomic mass is 10.1. The van der Waals surface area contributed by atoms with Gasteiger partial charge in [0, 0.05) is 49.3 Å². The van der Waals surface area contributed by atoms with E-state index in [1.165, 1.54) is 34.0 Å². The van der Waals surface area contributed by atoms with Crippen molar-refractivity contribution in [1.29, 1.82) is 0 Å². The first kappa shape index (κ1) is 19.7. The Balaban J connectivity index is 1.61. The van der Waals surface area contributed by atoms with Crippen molar-refractivity contribution in [2.45, 2.75) is 0 Å². The zero-order valence-corrected chi connectivity index (χ0v) is 15.8. The summed E-state index contributed by atoms with van der Waals surface area (Å²) in [4.78, 5) is 24.2. The molecule has 0 unspecified atom stereocenters. The fraction of sp³-hybridized carbons (Fsp3) is 0.211. The van der Waals surface area contributed by atoms with Crippen LogP contribution < -0.4 is 0 Å².